The van der Waals surface area contributed by atoms with Gasteiger partial charge in [0, 0.05) is 6.04 Å². The van der Waals surface area contributed by atoms with Gasteiger partial charge in [0.25, 0.3) is 0 Å². The van der Waals surface area contributed by atoms with Crippen LogP contribution in [-0.4, -0.2) is 17.7 Å². The summed E-state index contributed by atoms with van der Waals surface area (Å²) in [6.45, 7) is 5.13. The van der Waals surface area contributed by atoms with Gasteiger partial charge in [-0.3, -0.25) is 0 Å². The summed E-state index contributed by atoms with van der Waals surface area (Å²) >= 11 is 0. The van der Waals surface area contributed by atoms with Crippen LogP contribution in [-0.2, 0) is 5.60 Å². The molecule has 2 heteroatoms. The van der Waals surface area contributed by atoms with Crippen molar-refractivity contribution in [2.45, 2.75) is 44.8 Å². The van der Waals surface area contributed by atoms with Crippen LogP contribution in [0.2, 0.25) is 0 Å². The summed E-state index contributed by atoms with van der Waals surface area (Å²) in [6.07, 6.45) is 3.35. The minimum absolute atomic E-state index is 0.0617. The zero-order chi connectivity index (χ0) is 15.6. The third-order valence-corrected chi connectivity index (χ3v) is 4.80. The molecule has 2 nitrogen and oxygen atoms in total. The fraction of sp³-hybridized carbons (Fsp3) is 0.400. The van der Waals surface area contributed by atoms with Gasteiger partial charge in [-0.15, -0.1) is 0 Å². The second kappa shape index (κ2) is 6.23. The minimum atomic E-state index is -0.970. The molecule has 0 spiro atoms. The van der Waals surface area contributed by atoms with Gasteiger partial charge in [-0.1, -0.05) is 66.1 Å². The van der Waals surface area contributed by atoms with Crippen molar-refractivity contribution < 1.29 is 5.11 Å². The van der Waals surface area contributed by atoms with Crippen molar-refractivity contribution in [1.82, 2.24) is 5.32 Å². The Morgan fingerprint density at radius 2 is 1.36 bits per heavy atom. The van der Waals surface area contributed by atoms with Crippen molar-refractivity contribution in [3.63, 3.8) is 0 Å². The summed E-state index contributed by atoms with van der Waals surface area (Å²) < 4.78 is 0. The quantitative estimate of drug-likeness (QED) is 0.905. The first-order valence-electron chi connectivity index (χ1n) is 8.21. The lowest BCUT2D eigenvalue weighted by atomic mass is 9.77. The fourth-order valence-corrected chi connectivity index (χ4v) is 3.39. The molecule has 0 radical (unpaired) electrons. The first-order valence-corrected chi connectivity index (χ1v) is 8.21. The number of aryl methyl sites for hydroxylation is 2. The zero-order valence-electron chi connectivity index (χ0n) is 13.5. The Kier molecular flexibility index (Phi) is 4.32. The molecule has 1 atom stereocenters. The van der Waals surface area contributed by atoms with E-state index in [0.717, 1.165) is 30.5 Å². The van der Waals surface area contributed by atoms with Crippen molar-refractivity contribution in [3.05, 3.63) is 70.8 Å². The van der Waals surface area contributed by atoms with Gasteiger partial charge in [-0.2, -0.15) is 0 Å². The fourth-order valence-electron chi connectivity index (χ4n) is 3.39. The van der Waals surface area contributed by atoms with Crippen LogP contribution in [0.25, 0.3) is 0 Å². The Labute approximate surface area is 133 Å². The first-order chi connectivity index (χ1) is 10.6. The summed E-state index contributed by atoms with van der Waals surface area (Å²) in [7, 11) is 0. The van der Waals surface area contributed by atoms with Gasteiger partial charge in [-0.05, 0) is 44.4 Å². The summed E-state index contributed by atoms with van der Waals surface area (Å²) in [6, 6.07) is 16.6. The number of rotatable bonds is 3. The highest BCUT2D eigenvalue weighted by molar-refractivity contribution is 5.40. The molecule has 0 unspecified atom stereocenters. The van der Waals surface area contributed by atoms with Gasteiger partial charge in [0.15, 0.2) is 0 Å². The Hall–Kier alpha value is -1.64. The number of benzene rings is 2. The molecular weight excluding hydrogens is 270 g/mol. The Morgan fingerprint density at radius 3 is 1.77 bits per heavy atom. The molecular formula is C20H25NO. The van der Waals surface area contributed by atoms with Crippen molar-refractivity contribution >= 4 is 0 Å². The maximum absolute atomic E-state index is 11.7. The lowest BCUT2D eigenvalue weighted by molar-refractivity contribution is 0.0268. The highest BCUT2D eigenvalue weighted by Crippen LogP contribution is 2.36. The summed E-state index contributed by atoms with van der Waals surface area (Å²) in [5.74, 6) is 0. The minimum Gasteiger partial charge on any atom is -0.379 e. The maximum Gasteiger partial charge on any atom is 0.130 e. The number of piperidine rings is 1. The van der Waals surface area contributed by atoms with E-state index in [-0.39, 0.29) is 6.04 Å². The average molecular weight is 295 g/mol. The molecule has 2 aromatic carbocycles. The van der Waals surface area contributed by atoms with E-state index in [1.807, 2.05) is 0 Å². The topological polar surface area (TPSA) is 32.3 Å². The van der Waals surface area contributed by atoms with E-state index in [1.165, 1.54) is 17.5 Å². The smallest absolute Gasteiger partial charge is 0.130 e. The van der Waals surface area contributed by atoms with Crippen LogP contribution in [0, 0.1) is 13.8 Å². The molecule has 22 heavy (non-hydrogen) atoms. The summed E-state index contributed by atoms with van der Waals surface area (Å²) in [4.78, 5) is 0. The average Bonchev–Trinajstić information content (AvgIpc) is 2.56. The third kappa shape index (κ3) is 2.81. The van der Waals surface area contributed by atoms with Crippen molar-refractivity contribution in [3.8, 4) is 0 Å². The second-order valence-electron chi connectivity index (χ2n) is 6.50. The Morgan fingerprint density at radius 1 is 0.864 bits per heavy atom. The first kappa shape index (κ1) is 15.3. The molecule has 0 aromatic heterocycles. The molecule has 1 heterocycles. The van der Waals surface area contributed by atoms with Crippen LogP contribution in [0.3, 0.4) is 0 Å². The number of hydrogen-bond donors (Lipinski definition) is 2. The SMILES string of the molecule is Cc1ccc(C(O)(c2ccc(C)cc2)[C@@H]2CCCCN2)cc1. The van der Waals surface area contributed by atoms with Crippen LogP contribution in [0.15, 0.2) is 48.5 Å². The van der Waals surface area contributed by atoms with Gasteiger partial charge >= 0.3 is 0 Å². The maximum atomic E-state index is 11.7. The number of aliphatic hydroxyl groups is 1. The van der Waals surface area contributed by atoms with E-state index in [4.69, 9.17) is 0 Å². The van der Waals surface area contributed by atoms with E-state index < -0.39 is 5.60 Å². The molecule has 1 aliphatic heterocycles. The largest absolute Gasteiger partial charge is 0.379 e. The van der Waals surface area contributed by atoms with E-state index >= 15 is 0 Å². The predicted octanol–water partition coefficient (Wildman–Crippen LogP) is 3.68. The normalized spacial score (nSPS) is 19.1. The molecule has 2 aromatic rings. The summed E-state index contributed by atoms with van der Waals surface area (Å²) in [5.41, 5.74) is 3.41. The molecule has 0 amide bonds. The highest BCUT2D eigenvalue weighted by Gasteiger charge is 2.40. The highest BCUT2D eigenvalue weighted by atomic mass is 16.3. The molecule has 116 valence electrons. The van der Waals surface area contributed by atoms with Gasteiger partial charge in [-0.25, -0.2) is 0 Å². The molecule has 1 aliphatic rings. The van der Waals surface area contributed by atoms with Crippen molar-refractivity contribution in [2.75, 3.05) is 6.54 Å². The van der Waals surface area contributed by atoms with Gasteiger partial charge < -0.3 is 10.4 Å². The second-order valence-corrected chi connectivity index (χ2v) is 6.50. The Bertz CT molecular complexity index is 564. The monoisotopic (exact) mass is 295 g/mol. The van der Waals surface area contributed by atoms with Gasteiger partial charge in [0.05, 0.1) is 0 Å². The standard InChI is InChI=1S/C20H25NO/c1-15-6-10-17(11-7-15)20(22,19-5-3-4-14-21-19)18-12-8-16(2)9-13-18/h6-13,19,21-22H,3-5,14H2,1-2H3/t19-/m0/s1. The molecule has 0 saturated carbocycles. The molecule has 2 N–H and O–H groups in total. The molecule has 0 bridgehead atoms. The molecule has 1 saturated heterocycles. The van der Waals surface area contributed by atoms with Crippen LogP contribution >= 0.6 is 0 Å². The van der Waals surface area contributed by atoms with Crippen LogP contribution in [0.4, 0.5) is 0 Å². The van der Waals surface area contributed by atoms with Crippen molar-refractivity contribution in [1.29, 1.82) is 0 Å². The van der Waals surface area contributed by atoms with Gasteiger partial charge in [0.2, 0.25) is 0 Å². The van der Waals surface area contributed by atoms with Crippen molar-refractivity contribution in [2.24, 2.45) is 0 Å². The van der Waals surface area contributed by atoms with Crippen LogP contribution in [0.5, 0.6) is 0 Å². The summed E-state index contributed by atoms with van der Waals surface area (Å²) in [5, 5.41) is 15.2. The molecule has 0 aliphatic carbocycles. The van der Waals surface area contributed by atoms with Gasteiger partial charge in [0.1, 0.15) is 5.60 Å². The predicted molar refractivity (Wildman–Crippen MR) is 91.0 cm³/mol. The lowest BCUT2D eigenvalue weighted by Gasteiger charge is -2.40. The van der Waals surface area contributed by atoms with E-state index in [1.54, 1.807) is 0 Å². The Balaban J connectivity index is 2.08. The molecule has 1 fully saturated rings. The molecule has 3 rings (SSSR count). The van der Waals surface area contributed by atoms with E-state index in [2.05, 4.69) is 67.7 Å². The van der Waals surface area contributed by atoms with E-state index in [9.17, 15) is 5.11 Å². The zero-order valence-corrected chi connectivity index (χ0v) is 13.5. The number of nitrogens with one attached hydrogen (secondary N) is 1. The van der Waals surface area contributed by atoms with E-state index in [0.29, 0.717) is 0 Å². The van der Waals surface area contributed by atoms with Crippen LogP contribution in [0.1, 0.15) is 41.5 Å². The number of hydrogen-bond acceptors (Lipinski definition) is 2. The third-order valence-electron chi connectivity index (χ3n) is 4.80. The van der Waals surface area contributed by atoms with Crippen LogP contribution < -0.4 is 5.32 Å². The lowest BCUT2D eigenvalue weighted by Crippen LogP contribution is -2.51.